The van der Waals surface area contributed by atoms with Gasteiger partial charge in [-0.3, -0.25) is 9.59 Å². The molecule has 2 heterocycles. The summed E-state index contributed by atoms with van der Waals surface area (Å²) in [6.07, 6.45) is 0. The van der Waals surface area contributed by atoms with Crippen LogP contribution >= 0.6 is 11.3 Å². The number of thiophene rings is 1. The summed E-state index contributed by atoms with van der Waals surface area (Å²) >= 11 is 1.65. The molecule has 0 aliphatic rings. The van der Waals surface area contributed by atoms with Crippen LogP contribution in [0, 0.1) is 6.92 Å². The van der Waals surface area contributed by atoms with Crippen molar-refractivity contribution in [3.05, 3.63) is 62.2 Å². The summed E-state index contributed by atoms with van der Waals surface area (Å²) in [6.45, 7) is 4.70. The lowest BCUT2D eigenvalue weighted by Gasteiger charge is -2.24. The molecule has 27 heavy (non-hydrogen) atoms. The first kappa shape index (κ1) is 19.3. The van der Waals surface area contributed by atoms with E-state index >= 15 is 0 Å². The van der Waals surface area contributed by atoms with Crippen LogP contribution in [0.5, 0.6) is 0 Å². The number of rotatable bonds is 6. The average Bonchev–Trinajstić information content (AvgIpc) is 3.16. The third-order valence-electron chi connectivity index (χ3n) is 4.69. The predicted molar refractivity (Wildman–Crippen MR) is 109 cm³/mol. The first-order valence-corrected chi connectivity index (χ1v) is 9.84. The number of hydrogen-bond donors (Lipinski definition) is 1. The second kappa shape index (κ2) is 8.02. The number of nitrogens with zero attached hydrogens (tertiary/aromatic N) is 3. The van der Waals surface area contributed by atoms with Gasteiger partial charge >= 0.3 is 0 Å². The molecule has 1 aromatic carbocycles. The lowest BCUT2D eigenvalue weighted by molar-refractivity contribution is 0.0942. The molecule has 1 unspecified atom stereocenters. The van der Waals surface area contributed by atoms with Crippen LogP contribution in [-0.4, -0.2) is 41.0 Å². The molecular weight excluding hydrogens is 360 g/mol. The zero-order valence-electron chi connectivity index (χ0n) is 16.0. The van der Waals surface area contributed by atoms with E-state index in [1.807, 2.05) is 26.4 Å². The number of aromatic nitrogens is 2. The van der Waals surface area contributed by atoms with Crippen LogP contribution in [0.3, 0.4) is 0 Å². The first-order valence-electron chi connectivity index (χ1n) is 8.90. The van der Waals surface area contributed by atoms with Crippen LogP contribution in [0.1, 0.15) is 34.6 Å². The van der Waals surface area contributed by atoms with Gasteiger partial charge in [0, 0.05) is 18.7 Å². The second-order valence-corrected chi connectivity index (χ2v) is 7.48. The highest BCUT2D eigenvalue weighted by molar-refractivity contribution is 7.07. The Labute approximate surface area is 162 Å². The van der Waals surface area contributed by atoms with E-state index < -0.39 is 0 Å². The highest BCUT2D eigenvalue weighted by Crippen LogP contribution is 2.20. The molecule has 0 aliphatic carbocycles. The molecule has 1 amide bonds. The van der Waals surface area contributed by atoms with Crippen molar-refractivity contribution in [2.75, 3.05) is 20.6 Å². The molecule has 3 aromatic rings. The van der Waals surface area contributed by atoms with E-state index in [-0.39, 0.29) is 17.5 Å². The third kappa shape index (κ3) is 3.94. The number of hydrogen-bond acceptors (Lipinski definition) is 5. The maximum absolute atomic E-state index is 12.7. The van der Waals surface area contributed by atoms with Gasteiger partial charge in [0.25, 0.3) is 11.5 Å². The summed E-state index contributed by atoms with van der Waals surface area (Å²) in [5, 5.41) is 7.16. The summed E-state index contributed by atoms with van der Waals surface area (Å²) < 4.78 is 1.68. The van der Waals surface area contributed by atoms with Crippen molar-refractivity contribution in [3.8, 4) is 0 Å². The molecule has 0 saturated heterocycles. The van der Waals surface area contributed by atoms with Crippen molar-refractivity contribution in [3.63, 3.8) is 0 Å². The Balaban J connectivity index is 1.83. The Bertz CT molecular complexity index is 1010. The lowest BCUT2D eigenvalue weighted by atomic mass is 10.1. The molecule has 7 heteroatoms. The monoisotopic (exact) mass is 384 g/mol. The second-order valence-electron chi connectivity index (χ2n) is 6.70. The molecule has 142 valence electrons. The standard InChI is InChI=1S/C20H24N4O2S/c1-5-24-17-7-6-14(10-16(17)22-13(2)20(24)26)19(25)21-11-18(23(3)4)15-8-9-27-12-15/h6-10,12,18H,5,11H2,1-4H3,(H,21,25). The number of aryl methyl sites for hydroxylation is 2. The van der Waals surface area contributed by atoms with Crippen LogP contribution in [-0.2, 0) is 6.54 Å². The third-order valence-corrected chi connectivity index (χ3v) is 5.40. The normalized spacial score (nSPS) is 12.5. The Morgan fingerprint density at radius 2 is 2.11 bits per heavy atom. The van der Waals surface area contributed by atoms with Crippen LogP contribution in [0.2, 0.25) is 0 Å². The molecule has 0 spiro atoms. The maximum atomic E-state index is 12.7. The van der Waals surface area contributed by atoms with Gasteiger partial charge in [-0.15, -0.1) is 0 Å². The van der Waals surface area contributed by atoms with Crippen molar-refractivity contribution < 1.29 is 4.79 Å². The van der Waals surface area contributed by atoms with Crippen LogP contribution < -0.4 is 10.9 Å². The molecule has 1 atom stereocenters. The molecule has 3 rings (SSSR count). The van der Waals surface area contributed by atoms with Crippen LogP contribution in [0.15, 0.2) is 39.8 Å². The smallest absolute Gasteiger partial charge is 0.272 e. The zero-order chi connectivity index (χ0) is 19.6. The van der Waals surface area contributed by atoms with Gasteiger partial charge in [-0.05, 0) is 68.5 Å². The molecule has 0 radical (unpaired) electrons. The SMILES string of the molecule is CCn1c(=O)c(C)nc2cc(C(=O)NCC(c3ccsc3)N(C)C)ccc21. The number of benzene rings is 1. The molecule has 6 nitrogen and oxygen atoms in total. The summed E-state index contributed by atoms with van der Waals surface area (Å²) in [5.74, 6) is -0.146. The van der Waals surface area contributed by atoms with Gasteiger partial charge < -0.3 is 14.8 Å². The quantitative estimate of drug-likeness (QED) is 0.710. The topological polar surface area (TPSA) is 67.2 Å². The highest BCUT2D eigenvalue weighted by Gasteiger charge is 2.17. The van der Waals surface area contributed by atoms with Gasteiger partial charge in [0.1, 0.15) is 5.69 Å². The van der Waals surface area contributed by atoms with E-state index in [0.717, 1.165) is 5.52 Å². The molecule has 2 aromatic heterocycles. The minimum atomic E-state index is -0.146. The number of amides is 1. The van der Waals surface area contributed by atoms with Crippen molar-refractivity contribution >= 4 is 28.3 Å². The Kier molecular flexibility index (Phi) is 5.72. The first-order chi connectivity index (χ1) is 12.9. The molecule has 0 saturated carbocycles. The number of nitrogens with one attached hydrogen (secondary N) is 1. The Morgan fingerprint density at radius 1 is 1.33 bits per heavy atom. The molecule has 0 fully saturated rings. The number of likely N-dealkylation sites (N-methyl/N-ethyl adjacent to an activating group) is 1. The van der Waals surface area contributed by atoms with E-state index in [2.05, 4.69) is 26.6 Å². The summed E-state index contributed by atoms with van der Waals surface area (Å²) in [4.78, 5) is 31.3. The van der Waals surface area contributed by atoms with Gasteiger partial charge in [0.05, 0.1) is 17.1 Å². The predicted octanol–water partition coefficient (Wildman–Crippen LogP) is 2.82. The van der Waals surface area contributed by atoms with Gasteiger partial charge in [-0.2, -0.15) is 11.3 Å². The fourth-order valence-electron chi connectivity index (χ4n) is 3.18. The van der Waals surface area contributed by atoms with E-state index in [1.165, 1.54) is 5.56 Å². The van der Waals surface area contributed by atoms with Crippen molar-refractivity contribution in [1.82, 2.24) is 19.8 Å². The van der Waals surface area contributed by atoms with E-state index in [0.29, 0.717) is 29.9 Å². The highest BCUT2D eigenvalue weighted by atomic mass is 32.1. The maximum Gasteiger partial charge on any atom is 0.272 e. The number of fused-ring (bicyclic) bond motifs is 1. The summed E-state index contributed by atoms with van der Waals surface area (Å²) in [6, 6.07) is 7.48. The Morgan fingerprint density at radius 3 is 2.74 bits per heavy atom. The fraction of sp³-hybridized carbons (Fsp3) is 0.350. The van der Waals surface area contributed by atoms with E-state index in [9.17, 15) is 9.59 Å². The number of carbonyl (C=O) groups is 1. The van der Waals surface area contributed by atoms with Crippen molar-refractivity contribution in [2.24, 2.45) is 0 Å². The number of carbonyl (C=O) groups excluding carboxylic acids is 1. The van der Waals surface area contributed by atoms with Crippen molar-refractivity contribution in [1.29, 1.82) is 0 Å². The minimum Gasteiger partial charge on any atom is -0.350 e. The molecular formula is C20H24N4O2S. The Hall–Kier alpha value is -2.51. The molecule has 1 N–H and O–H groups in total. The zero-order valence-corrected chi connectivity index (χ0v) is 16.8. The van der Waals surface area contributed by atoms with Gasteiger partial charge in [0.15, 0.2) is 0 Å². The van der Waals surface area contributed by atoms with Gasteiger partial charge in [0.2, 0.25) is 0 Å². The lowest BCUT2D eigenvalue weighted by Crippen LogP contribution is -2.34. The fourth-order valence-corrected chi connectivity index (χ4v) is 3.89. The van der Waals surface area contributed by atoms with E-state index in [4.69, 9.17) is 0 Å². The van der Waals surface area contributed by atoms with Gasteiger partial charge in [-0.1, -0.05) is 0 Å². The van der Waals surface area contributed by atoms with Crippen LogP contribution in [0.4, 0.5) is 0 Å². The minimum absolute atomic E-state index is 0.0909. The van der Waals surface area contributed by atoms with E-state index in [1.54, 1.807) is 41.0 Å². The largest absolute Gasteiger partial charge is 0.350 e. The van der Waals surface area contributed by atoms with Crippen LogP contribution in [0.25, 0.3) is 11.0 Å². The van der Waals surface area contributed by atoms with Crippen molar-refractivity contribution in [2.45, 2.75) is 26.4 Å². The van der Waals surface area contributed by atoms with Gasteiger partial charge in [-0.25, -0.2) is 4.98 Å². The average molecular weight is 385 g/mol. The molecule has 0 bridgehead atoms. The molecule has 0 aliphatic heterocycles. The summed E-state index contributed by atoms with van der Waals surface area (Å²) in [7, 11) is 4.00. The summed E-state index contributed by atoms with van der Waals surface area (Å²) in [5.41, 5.74) is 3.48.